The van der Waals surface area contributed by atoms with E-state index in [1.165, 1.54) is 6.07 Å². The number of anilines is 1. The zero-order valence-electron chi connectivity index (χ0n) is 11.4. The molecule has 0 radical (unpaired) electrons. The fraction of sp³-hybridized carbons (Fsp3) is 0.615. The Morgan fingerprint density at radius 1 is 1.38 bits per heavy atom. The number of aromatic nitrogens is 1. The lowest BCUT2D eigenvalue weighted by Crippen LogP contribution is -2.49. The van der Waals surface area contributed by atoms with E-state index in [0.29, 0.717) is 17.6 Å². The van der Waals surface area contributed by atoms with Gasteiger partial charge >= 0.3 is 0 Å². The maximum atomic E-state index is 14.0. The standard InChI is InChI=1S/C13H17BrFN3O2S/c14-9-6-12(15)13(16-7-9)18-5-1-2-10(8-18)17-21(19,20)11-3-4-11/h6-7,10-11,17H,1-5,8H2. The summed E-state index contributed by atoms with van der Waals surface area (Å²) in [6.07, 6.45) is 4.63. The molecule has 3 rings (SSSR count). The Kier molecular flexibility index (Phi) is 4.20. The summed E-state index contributed by atoms with van der Waals surface area (Å²) < 4.78 is 41.3. The monoisotopic (exact) mass is 377 g/mol. The highest BCUT2D eigenvalue weighted by atomic mass is 79.9. The highest BCUT2D eigenvalue weighted by Gasteiger charge is 2.37. The normalized spacial score (nSPS) is 23.3. The number of nitrogens with zero attached hydrogens (tertiary/aromatic N) is 2. The van der Waals surface area contributed by atoms with Gasteiger partial charge in [-0.25, -0.2) is 22.5 Å². The number of pyridine rings is 1. The zero-order valence-corrected chi connectivity index (χ0v) is 13.8. The molecule has 1 aromatic heterocycles. The average Bonchev–Trinajstić information content (AvgIpc) is 3.23. The summed E-state index contributed by atoms with van der Waals surface area (Å²) in [6, 6.07) is 1.20. The highest BCUT2D eigenvalue weighted by molar-refractivity contribution is 9.10. The number of sulfonamides is 1. The number of halogens is 2. The minimum atomic E-state index is -3.21. The van der Waals surface area contributed by atoms with Gasteiger partial charge in [0.05, 0.1) is 5.25 Å². The van der Waals surface area contributed by atoms with E-state index >= 15 is 0 Å². The van der Waals surface area contributed by atoms with Crippen molar-refractivity contribution in [3.05, 3.63) is 22.6 Å². The lowest BCUT2D eigenvalue weighted by atomic mass is 10.1. The van der Waals surface area contributed by atoms with Crippen molar-refractivity contribution in [3.63, 3.8) is 0 Å². The summed E-state index contributed by atoms with van der Waals surface area (Å²) in [4.78, 5) is 5.92. The zero-order chi connectivity index (χ0) is 15.0. The smallest absolute Gasteiger partial charge is 0.214 e. The maximum absolute atomic E-state index is 14.0. The summed E-state index contributed by atoms with van der Waals surface area (Å²) >= 11 is 3.18. The van der Waals surface area contributed by atoms with Crippen LogP contribution < -0.4 is 9.62 Å². The van der Waals surface area contributed by atoms with Crippen molar-refractivity contribution in [3.8, 4) is 0 Å². The molecule has 2 aliphatic rings. The molecule has 1 aliphatic carbocycles. The van der Waals surface area contributed by atoms with Crippen molar-refractivity contribution in [2.24, 2.45) is 0 Å². The second-order valence-corrected chi connectivity index (χ2v) is 8.51. The van der Waals surface area contributed by atoms with Crippen LogP contribution in [0.5, 0.6) is 0 Å². The van der Waals surface area contributed by atoms with E-state index < -0.39 is 15.8 Å². The van der Waals surface area contributed by atoms with Crippen molar-refractivity contribution in [1.82, 2.24) is 9.71 Å². The first-order valence-corrected chi connectivity index (χ1v) is 9.37. The summed E-state index contributed by atoms with van der Waals surface area (Å²) in [7, 11) is -3.21. The van der Waals surface area contributed by atoms with E-state index in [4.69, 9.17) is 0 Å². The van der Waals surface area contributed by atoms with Gasteiger partial charge in [0, 0.05) is 29.8 Å². The minimum absolute atomic E-state index is 0.172. The molecule has 1 saturated carbocycles. The number of nitrogens with one attached hydrogen (secondary N) is 1. The topological polar surface area (TPSA) is 62.3 Å². The van der Waals surface area contributed by atoms with Crippen LogP contribution in [0.1, 0.15) is 25.7 Å². The third-order valence-electron chi connectivity index (χ3n) is 3.80. The predicted molar refractivity (Wildman–Crippen MR) is 82.2 cm³/mol. The molecule has 1 N–H and O–H groups in total. The van der Waals surface area contributed by atoms with Crippen LogP contribution in [-0.4, -0.2) is 37.8 Å². The second kappa shape index (κ2) is 5.81. The Labute approximate surface area is 132 Å². The minimum Gasteiger partial charge on any atom is -0.353 e. The van der Waals surface area contributed by atoms with Gasteiger partial charge in [0.1, 0.15) is 0 Å². The van der Waals surface area contributed by atoms with E-state index in [1.54, 1.807) is 6.20 Å². The van der Waals surface area contributed by atoms with E-state index in [2.05, 4.69) is 25.6 Å². The molecule has 2 fully saturated rings. The molecule has 1 unspecified atom stereocenters. The molecule has 0 spiro atoms. The van der Waals surface area contributed by atoms with Crippen LogP contribution >= 0.6 is 15.9 Å². The summed E-state index contributed by atoms with van der Waals surface area (Å²) in [6.45, 7) is 1.14. The molecule has 8 heteroatoms. The molecule has 0 bridgehead atoms. The molecule has 21 heavy (non-hydrogen) atoms. The molecule has 1 atom stereocenters. The first-order chi connectivity index (χ1) is 9.95. The van der Waals surface area contributed by atoms with Crippen molar-refractivity contribution in [2.75, 3.05) is 18.0 Å². The Balaban J connectivity index is 1.70. The Morgan fingerprint density at radius 2 is 2.14 bits per heavy atom. The number of piperidine rings is 1. The van der Waals surface area contributed by atoms with Crippen molar-refractivity contribution in [1.29, 1.82) is 0 Å². The largest absolute Gasteiger partial charge is 0.353 e. The predicted octanol–water partition coefficient (Wildman–Crippen LogP) is 2.03. The van der Waals surface area contributed by atoms with Gasteiger partial charge in [-0.15, -0.1) is 0 Å². The van der Waals surface area contributed by atoms with Crippen LogP contribution in [0.15, 0.2) is 16.7 Å². The first-order valence-electron chi connectivity index (χ1n) is 7.03. The maximum Gasteiger partial charge on any atom is 0.214 e. The Morgan fingerprint density at radius 3 is 2.81 bits per heavy atom. The third-order valence-corrected chi connectivity index (χ3v) is 6.25. The van der Waals surface area contributed by atoms with Crippen LogP contribution in [0.4, 0.5) is 10.2 Å². The second-order valence-electron chi connectivity index (χ2n) is 5.61. The van der Waals surface area contributed by atoms with Gasteiger partial charge in [0.25, 0.3) is 0 Å². The molecular weight excluding hydrogens is 361 g/mol. The molecule has 116 valence electrons. The van der Waals surface area contributed by atoms with Crippen LogP contribution in [0, 0.1) is 5.82 Å². The van der Waals surface area contributed by atoms with Crippen LogP contribution in [0.3, 0.4) is 0 Å². The molecule has 1 aromatic rings. The van der Waals surface area contributed by atoms with Crippen LogP contribution in [-0.2, 0) is 10.0 Å². The van der Waals surface area contributed by atoms with Gasteiger partial charge in [-0.05, 0) is 47.7 Å². The van der Waals surface area contributed by atoms with Gasteiger partial charge < -0.3 is 4.90 Å². The van der Waals surface area contributed by atoms with Crippen molar-refractivity contribution >= 4 is 31.8 Å². The van der Waals surface area contributed by atoms with E-state index in [-0.39, 0.29) is 17.1 Å². The summed E-state index contributed by atoms with van der Waals surface area (Å²) in [5, 5.41) is -0.226. The molecule has 1 saturated heterocycles. The molecule has 1 aliphatic heterocycles. The van der Waals surface area contributed by atoms with Gasteiger partial charge in [0.15, 0.2) is 11.6 Å². The van der Waals surface area contributed by atoms with Gasteiger partial charge in [-0.1, -0.05) is 0 Å². The highest BCUT2D eigenvalue weighted by Crippen LogP contribution is 2.29. The molecule has 5 nitrogen and oxygen atoms in total. The molecular formula is C13H17BrFN3O2S. The fourth-order valence-corrected chi connectivity index (χ4v) is 4.52. The van der Waals surface area contributed by atoms with Crippen LogP contribution in [0.2, 0.25) is 0 Å². The SMILES string of the molecule is O=S(=O)(NC1CCCN(c2ncc(Br)cc2F)C1)C1CC1. The van der Waals surface area contributed by atoms with Crippen molar-refractivity contribution in [2.45, 2.75) is 37.0 Å². The third kappa shape index (κ3) is 3.54. The summed E-state index contributed by atoms with van der Waals surface area (Å²) in [5.41, 5.74) is 0. The van der Waals surface area contributed by atoms with E-state index in [9.17, 15) is 12.8 Å². The van der Waals surface area contributed by atoms with Gasteiger partial charge in [0.2, 0.25) is 10.0 Å². The quantitative estimate of drug-likeness (QED) is 0.871. The van der Waals surface area contributed by atoms with E-state index in [0.717, 1.165) is 25.7 Å². The fourth-order valence-electron chi connectivity index (χ4n) is 2.61. The lowest BCUT2D eigenvalue weighted by Gasteiger charge is -2.34. The van der Waals surface area contributed by atoms with Crippen LogP contribution in [0.25, 0.3) is 0 Å². The Hall–Kier alpha value is -0.730. The van der Waals surface area contributed by atoms with Crippen molar-refractivity contribution < 1.29 is 12.8 Å². The van der Waals surface area contributed by atoms with Gasteiger partial charge in [-0.2, -0.15) is 0 Å². The van der Waals surface area contributed by atoms with E-state index in [1.807, 2.05) is 4.90 Å². The molecule has 0 amide bonds. The van der Waals surface area contributed by atoms with Gasteiger partial charge in [-0.3, -0.25) is 0 Å². The molecule has 2 heterocycles. The number of rotatable bonds is 4. The molecule has 0 aromatic carbocycles. The average molecular weight is 378 g/mol. The number of hydrogen-bond acceptors (Lipinski definition) is 4. The Bertz CT molecular complexity index is 636. The summed E-state index contributed by atoms with van der Waals surface area (Å²) in [5.74, 6) is -0.108. The lowest BCUT2D eigenvalue weighted by molar-refractivity contribution is 0.458. The first kappa shape index (κ1) is 15.2. The number of hydrogen-bond donors (Lipinski definition) is 1.